The molecule has 2 aromatic carbocycles. The van der Waals surface area contributed by atoms with E-state index in [1.54, 1.807) is 6.07 Å². The van der Waals surface area contributed by atoms with E-state index >= 15 is 0 Å². The zero-order valence-corrected chi connectivity index (χ0v) is 14.1. The number of sulfonamides is 1. The Morgan fingerprint density at radius 3 is 2.48 bits per heavy atom. The second-order valence-corrected chi connectivity index (χ2v) is 7.47. The topological polar surface area (TPSA) is 110 Å². The molecule has 1 heterocycles. The summed E-state index contributed by atoms with van der Waals surface area (Å²) in [5.74, 6) is -0.253. The lowest BCUT2D eigenvalue weighted by molar-refractivity contribution is -0.384. The highest BCUT2D eigenvalue weighted by atomic mass is 32.2. The van der Waals surface area contributed by atoms with Gasteiger partial charge in [0.1, 0.15) is 0 Å². The molecule has 0 radical (unpaired) electrons. The van der Waals surface area contributed by atoms with Crippen molar-refractivity contribution >= 4 is 33.0 Å². The summed E-state index contributed by atoms with van der Waals surface area (Å²) in [5.41, 5.74) is 1.43. The molecule has 25 heavy (non-hydrogen) atoms. The fourth-order valence-electron chi connectivity index (χ4n) is 2.74. The number of rotatable bonds is 4. The number of anilines is 2. The smallest absolute Gasteiger partial charge is 0.271 e. The number of amides is 1. The van der Waals surface area contributed by atoms with Crippen molar-refractivity contribution in [2.45, 2.75) is 18.2 Å². The fourth-order valence-corrected chi connectivity index (χ4v) is 4.24. The Hall–Kier alpha value is -2.94. The molecule has 1 aliphatic rings. The molecule has 0 spiro atoms. The van der Waals surface area contributed by atoms with Crippen LogP contribution in [0.25, 0.3) is 0 Å². The van der Waals surface area contributed by atoms with Crippen molar-refractivity contribution in [3.63, 3.8) is 0 Å². The number of hydrogen-bond acceptors (Lipinski definition) is 5. The van der Waals surface area contributed by atoms with Gasteiger partial charge in [0.15, 0.2) is 0 Å². The summed E-state index contributed by atoms with van der Waals surface area (Å²) >= 11 is 0. The van der Waals surface area contributed by atoms with Gasteiger partial charge in [-0.2, -0.15) is 0 Å². The van der Waals surface area contributed by atoms with E-state index in [9.17, 15) is 23.3 Å². The zero-order valence-electron chi connectivity index (χ0n) is 13.3. The monoisotopic (exact) mass is 361 g/mol. The van der Waals surface area contributed by atoms with Gasteiger partial charge in [0.2, 0.25) is 5.91 Å². The van der Waals surface area contributed by atoms with Gasteiger partial charge in [-0.15, -0.1) is 0 Å². The maximum absolute atomic E-state index is 12.9. The molecule has 1 aliphatic heterocycles. The Morgan fingerprint density at radius 1 is 1.20 bits per heavy atom. The van der Waals surface area contributed by atoms with Gasteiger partial charge < -0.3 is 5.32 Å². The minimum absolute atomic E-state index is 0.0564. The van der Waals surface area contributed by atoms with E-state index in [2.05, 4.69) is 5.32 Å². The fraction of sp³-hybridized carbons (Fsp3) is 0.188. The normalized spacial score (nSPS) is 13.4. The minimum atomic E-state index is -3.84. The number of fused-ring (bicyclic) bond motifs is 1. The van der Waals surface area contributed by atoms with E-state index in [1.165, 1.54) is 47.6 Å². The number of non-ortho nitro benzene ring substituents is 1. The largest absolute Gasteiger partial charge is 0.326 e. The number of carbonyl (C=O) groups excluding carboxylic acids is 1. The molecule has 9 heteroatoms. The van der Waals surface area contributed by atoms with Gasteiger partial charge in [-0.05, 0) is 36.2 Å². The number of nitrogens with one attached hydrogen (secondary N) is 1. The molecule has 0 bridgehead atoms. The molecule has 0 atom stereocenters. The second kappa shape index (κ2) is 6.17. The first-order valence-corrected chi connectivity index (χ1v) is 8.91. The summed E-state index contributed by atoms with van der Waals surface area (Å²) in [6.07, 6.45) is 0.497. The number of nitrogens with zero attached hydrogens (tertiary/aromatic N) is 2. The van der Waals surface area contributed by atoms with Crippen molar-refractivity contribution in [2.24, 2.45) is 0 Å². The van der Waals surface area contributed by atoms with Gasteiger partial charge in [0.05, 0.1) is 15.5 Å². The van der Waals surface area contributed by atoms with Crippen LogP contribution in [0.15, 0.2) is 47.4 Å². The highest BCUT2D eigenvalue weighted by Crippen LogP contribution is 2.35. The zero-order chi connectivity index (χ0) is 18.2. The van der Waals surface area contributed by atoms with Crippen LogP contribution in [0.2, 0.25) is 0 Å². The third-order valence-electron chi connectivity index (χ3n) is 3.90. The number of hydrogen-bond donors (Lipinski definition) is 1. The Kier molecular flexibility index (Phi) is 4.17. The highest BCUT2D eigenvalue weighted by molar-refractivity contribution is 7.92. The number of carbonyl (C=O) groups is 1. The number of nitro benzene ring substituents is 1. The van der Waals surface area contributed by atoms with E-state index in [0.717, 1.165) is 5.56 Å². The average molecular weight is 361 g/mol. The Morgan fingerprint density at radius 2 is 1.88 bits per heavy atom. The van der Waals surface area contributed by atoms with Crippen LogP contribution >= 0.6 is 0 Å². The minimum Gasteiger partial charge on any atom is -0.326 e. The number of nitro groups is 1. The Balaban J connectivity index is 1.96. The first-order chi connectivity index (χ1) is 11.8. The number of benzene rings is 2. The molecule has 0 unspecified atom stereocenters. The van der Waals surface area contributed by atoms with E-state index in [4.69, 9.17) is 0 Å². The first kappa shape index (κ1) is 16.9. The van der Waals surface area contributed by atoms with Crippen molar-refractivity contribution in [1.82, 2.24) is 0 Å². The molecule has 0 aromatic heterocycles. The van der Waals surface area contributed by atoms with Crippen LogP contribution in [-0.4, -0.2) is 25.8 Å². The van der Waals surface area contributed by atoms with Crippen LogP contribution in [0.1, 0.15) is 12.5 Å². The van der Waals surface area contributed by atoms with Gasteiger partial charge in [0.25, 0.3) is 15.7 Å². The molecule has 130 valence electrons. The van der Waals surface area contributed by atoms with Crippen LogP contribution in [0.5, 0.6) is 0 Å². The molecule has 8 nitrogen and oxygen atoms in total. The summed E-state index contributed by atoms with van der Waals surface area (Å²) in [6.45, 7) is 1.59. The summed E-state index contributed by atoms with van der Waals surface area (Å²) in [7, 11) is -3.84. The predicted molar refractivity (Wildman–Crippen MR) is 92.1 cm³/mol. The van der Waals surface area contributed by atoms with Crippen LogP contribution in [0.4, 0.5) is 17.1 Å². The standard InChI is InChI=1S/C16H15N3O5S/c1-11(20)17-13-3-6-15(7-4-13)25(23,24)18-9-8-12-2-5-14(19(21)22)10-16(12)18/h2-7,10H,8-9H2,1H3,(H,17,20). The lowest BCUT2D eigenvalue weighted by Crippen LogP contribution is -2.29. The molecule has 2 aromatic rings. The summed E-state index contributed by atoms with van der Waals surface area (Å²) in [6, 6.07) is 10.0. The van der Waals surface area contributed by atoms with Crippen molar-refractivity contribution in [1.29, 1.82) is 0 Å². The highest BCUT2D eigenvalue weighted by Gasteiger charge is 2.32. The third-order valence-corrected chi connectivity index (χ3v) is 5.72. The van der Waals surface area contributed by atoms with Crippen LogP contribution < -0.4 is 9.62 Å². The van der Waals surface area contributed by atoms with Gasteiger partial charge >= 0.3 is 0 Å². The molecule has 0 saturated carbocycles. The van der Waals surface area contributed by atoms with E-state index in [-0.39, 0.29) is 23.0 Å². The van der Waals surface area contributed by atoms with Crippen LogP contribution in [-0.2, 0) is 21.2 Å². The van der Waals surface area contributed by atoms with E-state index in [0.29, 0.717) is 17.8 Å². The molecule has 0 aliphatic carbocycles. The molecule has 1 N–H and O–H groups in total. The van der Waals surface area contributed by atoms with Crippen molar-refractivity contribution < 1.29 is 18.1 Å². The quantitative estimate of drug-likeness (QED) is 0.664. The van der Waals surface area contributed by atoms with Crippen LogP contribution in [0, 0.1) is 10.1 Å². The second-order valence-electron chi connectivity index (χ2n) is 5.60. The van der Waals surface area contributed by atoms with E-state index in [1.807, 2.05) is 0 Å². The lowest BCUT2D eigenvalue weighted by atomic mass is 10.1. The maximum atomic E-state index is 12.9. The van der Waals surface area contributed by atoms with Crippen LogP contribution in [0.3, 0.4) is 0 Å². The first-order valence-electron chi connectivity index (χ1n) is 7.47. The average Bonchev–Trinajstić information content (AvgIpc) is 2.98. The van der Waals surface area contributed by atoms with Gasteiger partial charge in [-0.25, -0.2) is 8.42 Å². The molecule has 3 rings (SSSR count). The summed E-state index contributed by atoms with van der Waals surface area (Å²) < 4.78 is 26.9. The van der Waals surface area contributed by atoms with Gasteiger partial charge in [-0.3, -0.25) is 19.2 Å². The third kappa shape index (κ3) is 3.18. The van der Waals surface area contributed by atoms with E-state index < -0.39 is 14.9 Å². The Bertz CT molecular complexity index is 954. The molecular formula is C16H15N3O5S. The predicted octanol–water partition coefficient (Wildman–Crippen LogP) is 2.30. The maximum Gasteiger partial charge on any atom is 0.271 e. The van der Waals surface area contributed by atoms with Gasteiger partial charge in [-0.1, -0.05) is 6.07 Å². The van der Waals surface area contributed by atoms with Crippen molar-refractivity contribution in [3.05, 3.63) is 58.1 Å². The molecule has 0 fully saturated rings. The Labute approximate surface area is 144 Å². The molecule has 0 saturated heterocycles. The van der Waals surface area contributed by atoms with Crippen molar-refractivity contribution in [3.8, 4) is 0 Å². The summed E-state index contributed by atoms with van der Waals surface area (Å²) in [4.78, 5) is 21.5. The molecular weight excluding hydrogens is 346 g/mol. The lowest BCUT2D eigenvalue weighted by Gasteiger charge is -2.19. The SMILES string of the molecule is CC(=O)Nc1ccc(S(=O)(=O)N2CCc3ccc([N+](=O)[O-])cc32)cc1. The molecule has 1 amide bonds. The van der Waals surface area contributed by atoms with Gasteiger partial charge in [0, 0.05) is 31.3 Å². The summed E-state index contributed by atoms with van der Waals surface area (Å²) in [5, 5.41) is 13.5. The van der Waals surface area contributed by atoms with Crippen molar-refractivity contribution in [2.75, 3.05) is 16.2 Å².